The van der Waals surface area contributed by atoms with Crippen LogP contribution in [-0.2, 0) is 57.8 Å². The van der Waals surface area contributed by atoms with Crippen molar-refractivity contribution in [1.29, 1.82) is 0 Å². The molecule has 0 amide bonds. The summed E-state index contributed by atoms with van der Waals surface area (Å²) < 4.78 is 30.5. The molecule has 7 rings (SSSR count). The molecule has 3 aromatic heterocycles. The van der Waals surface area contributed by atoms with Crippen LogP contribution in [0.1, 0.15) is 78.6 Å². The predicted octanol–water partition coefficient (Wildman–Crippen LogP) is 5.35. The molecule has 0 unspecified atom stereocenters. The summed E-state index contributed by atoms with van der Waals surface area (Å²) in [6, 6.07) is 11.9. The van der Waals surface area contributed by atoms with Crippen LogP contribution in [0.25, 0.3) is 0 Å². The quantitative estimate of drug-likeness (QED) is 0.105. The number of hydrogen-bond acceptors (Lipinski definition) is 11. The van der Waals surface area contributed by atoms with Gasteiger partial charge in [0.2, 0.25) is 19.6 Å². The van der Waals surface area contributed by atoms with Crippen LogP contribution in [0.5, 0.6) is 0 Å². The summed E-state index contributed by atoms with van der Waals surface area (Å²) in [5.74, 6) is -0.425. The summed E-state index contributed by atoms with van der Waals surface area (Å²) >= 11 is 0. The largest absolute Gasteiger partial charge is 0.469 e. The summed E-state index contributed by atoms with van der Waals surface area (Å²) in [6.07, 6.45) is 16.8. The van der Waals surface area contributed by atoms with Crippen molar-refractivity contribution in [2.45, 2.75) is 117 Å². The molecule has 0 radical (unpaired) electrons. The Morgan fingerprint density at radius 2 is 1.12 bits per heavy atom. The van der Waals surface area contributed by atoms with E-state index in [1.54, 1.807) is 0 Å². The Morgan fingerprint density at radius 1 is 0.636 bits per heavy atom. The SMILES string of the molecule is COC(=O)CC[C@@H](C)[C@H]1CC[C@H]2[C@@H]3[C@H](OC(=O)C[n+]4ccc(N(C)C)cc4)C[C@@H]4C[C@H](OC(=O)C[n+]5ccc(N(C)C)cc5)CC[C@]4(C)[C@H]3C[C@H](OC(=O)C[n+]3ccc(N(C)C)cc3)[C@]12C. The number of aromatic nitrogens is 3. The molecule has 0 spiro atoms. The minimum atomic E-state index is -0.439. The van der Waals surface area contributed by atoms with Crippen molar-refractivity contribution in [2.24, 2.45) is 46.3 Å². The van der Waals surface area contributed by atoms with Gasteiger partial charge in [0.1, 0.15) is 18.3 Å². The Bertz CT molecular complexity index is 2170. The van der Waals surface area contributed by atoms with Gasteiger partial charge >= 0.3 is 23.9 Å². The van der Waals surface area contributed by atoms with Gasteiger partial charge in [0, 0.05) is 114 Å². The number of anilines is 3. The molecule has 4 fully saturated rings. The lowest BCUT2D eigenvalue weighted by molar-refractivity contribution is -0.686. The zero-order chi connectivity index (χ0) is 47.5. The fourth-order valence-corrected chi connectivity index (χ4v) is 12.7. The molecule has 11 atom stereocenters. The number of carbonyl (C=O) groups is 4. The molecule has 14 nitrogen and oxygen atoms in total. The van der Waals surface area contributed by atoms with Gasteiger partial charge in [0.05, 0.1) is 7.11 Å². The van der Waals surface area contributed by atoms with E-state index in [4.69, 9.17) is 18.9 Å². The van der Waals surface area contributed by atoms with Crippen molar-refractivity contribution >= 4 is 40.9 Å². The molecular weight excluding hydrogens is 837 g/mol. The fourth-order valence-electron chi connectivity index (χ4n) is 12.7. The van der Waals surface area contributed by atoms with Crippen LogP contribution in [0.4, 0.5) is 17.1 Å². The molecule has 4 aliphatic carbocycles. The molecule has 0 aliphatic heterocycles. The van der Waals surface area contributed by atoms with E-state index in [1.165, 1.54) is 7.11 Å². The second-order valence-electron chi connectivity index (χ2n) is 20.9. The van der Waals surface area contributed by atoms with Gasteiger partial charge in [-0.05, 0) is 86.4 Å². The van der Waals surface area contributed by atoms with E-state index in [0.717, 1.165) is 42.7 Å². The molecule has 0 aromatic carbocycles. The summed E-state index contributed by atoms with van der Waals surface area (Å²) in [5.41, 5.74) is 2.51. The number of fused-ring (bicyclic) bond motifs is 5. The molecule has 358 valence electrons. The topological polar surface area (TPSA) is 127 Å². The number of ether oxygens (including phenoxy) is 4. The summed E-state index contributed by atoms with van der Waals surface area (Å²) in [5, 5.41) is 0. The molecule has 14 heteroatoms. The Kier molecular flexibility index (Phi) is 15.0. The summed E-state index contributed by atoms with van der Waals surface area (Å²) in [6.45, 7) is 7.22. The van der Waals surface area contributed by atoms with Crippen molar-refractivity contribution in [3.63, 3.8) is 0 Å². The van der Waals surface area contributed by atoms with Crippen LogP contribution in [0.3, 0.4) is 0 Å². The second-order valence-corrected chi connectivity index (χ2v) is 20.9. The lowest BCUT2D eigenvalue weighted by atomic mass is 9.43. The summed E-state index contributed by atoms with van der Waals surface area (Å²) in [7, 11) is 13.3. The predicted molar refractivity (Wildman–Crippen MR) is 249 cm³/mol. The van der Waals surface area contributed by atoms with Gasteiger partial charge in [-0.3, -0.25) is 4.79 Å². The maximum atomic E-state index is 14.2. The zero-order valence-corrected chi connectivity index (χ0v) is 41.1. The Morgan fingerprint density at radius 3 is 1.61 bits per heavy atom. The highest BCUT2D eigenvalue weighted by Crippen LogP contribution is 2.69. The van der Waals surface area contributed by atoms with Crippen molar-refractivity contribution < 1.29 is 51.8 Å². The third-order valence-electron chi connectivity index (χ3n) is 16.4. The van der Waals surface area contributed by atoms with Gasteiger partial charge in [-0.25, -0.2) is 14.4 Å². The van der Waals surface area contributed by atoms with E-state index in [2.05, 4.69) is 20.8 Å². The summed E-state index contributed by atoms with van der Waals surface area (Å²) in [4.78, 5) is 60.4. The van der Waals surface area contributed by atoms with E-state index >= 15 is 0 Å². The fraction of sp³-hybridized carbons (Fsp3) is 0.635. The van der Waals surface area contributed by atoms with E-state index in [0.29, 0.717) is 32.1 Å². The molecule has 0 N–H and O–H groups in total. The van der Waals surface area contributed by atoms with Crippen LogP contribution < -0.4 is 28.4 Å². The van der Waals surface area contributed by atoms with Crippen LogP contribution in [0, 0.1) is 46.3 Å². The third kappa shape index (κ3) is 10.5. The van der Waals surface area contributed by atoms with Crippen molar-refractivity contribution in [2.75, 3.05) is 64.1 Å². The second kappa shape index (κ2) is 20.3. The van der Waals surface area contributed by atoms with Crippen LogP contribution in [-0.4, -0.2) is 91.6 Å². The molecule has 3 heterocycles. The number of esters is 4. The molecule has 4 saturated carbocycles. The van der Waals surface area contributed by atoms with Crippen LogP contribution in [0.2, 0.25) is 0 Å². The minimum absolute atomic E-state index is 0.0302. The monoisotopic (exact) mass is 912 g/mol. The van der Waals surface area contributed by atoms with Gasteiger partial charge in [-0.15, -0.1) is 0 Å². The lowest BCUT2D eigenvalue weighted by Gasteiger charge is -2.64. The minimum Gasteiger partial charge on any atom is -0.469 e. The third-order valence-corrected chi connectivity index (χ3v) is 16.4. The number of carbonyl (C=O) groups excluding carboxylic acids is 4. The van der Waals surface area contributed by atoms with E-state index < -0.39 is 11.5 Å². The van der Waals surface area contributed by atoms with Gasteiger partial charge in [-0.1, -0.05) is 20.8 Å². The first kappa shape index (κ1) is 48.7. The Balaban J connectivity index is 1.18. The maximum absolute atomic E-state index is 14.2. The van der Waals surface area contributed by atoms with Gasteiger partial charge in [0.25, 0.3) is 0 Å². The number of methoxy groups -OCH3 is 1. The molecule has 0 bridgehead atoms. The van der Waals surface area contributed by atoms with Crippen LogP contribution >= 0.6 is 0 Å². The first-order valence-electron chi connectivity index (χ1n) is 24.0. The molecule has 4 aliphatic rings. The molecular formula is C52H75N6O8+3. The standard InChI is InChI=1S/C52H75N6O8/c1-35(11-14-46(59)63-10)41-12-13-42-50-43(31-45(52(41,42)3)66-49(62)34-58-27-20-39(21-28-58)55(8)9)51(2)22-15-40(64-47(60)32-56-23-16-37(17-24-56)53(4)5)29-36(51)30-44(50)65-48(61)33-57-25-18-38(19-26-57)54(6)7/h16-21,23-28,35-36,40-45,50H,11-15,22,29-34H2,1-10H3/q+3/t35-,36+,40-,41-,42+,43+,44-,45+,50+,51+,52-/m1/s1. The average molecular weight is 912 g/mol. The molecule has 3 aromatic rings. The first-order valence-corrected chi connectivity index (χ1v) is 24.0. The lowest BCUT2D eigenvalue weighted by Crippen LogP contribution is -2.64. The van der Waals surface area contributed by atoms with Crippen molar-refractivity contribution in [1.82, 2.24) is 0 Å². The van der Waals surface area contributed by atoms with Crippen molar-refractivity contribution in [3.8, 4) is 0 Å². The van der Waals surface area contributed by atoms with Gasteiger partial charge in [0.15, 0.2) is 37.2 Å². The number of hydrogen-bond donors (Lipinski definition) is 0. The Hall–Kier alpha value is -5.27. The average Bonchev–Trinajstić information content (AvgIpc) is 3.64. The number of nitrogens with zero attached hydrogens (tertiary/aromatic N) is 6. The van der Waals surface area contributed by atoms with Gasteiger partial charge in [-0.2, -0.15) is 13.7 Å². The molecule has 0 saturated heterocycles. The van der Waals surface area contributed by atoms with Crippen LogP contribution in [0.15, 0.2) is 73.6 Å². The van der Waals surface area contributed by atoms with Crippen molar-refractivity contribution in [3.05, 3.63) is 73.6 Å². The zero-order valence-electron chi connectivity index (χ0n) is 41.1. The smallest absolute Gasteiger partial charge is 0.372 e. The van der Waals surface area contributed by atoms with E-state index in [-0.39, 0.29) is 96.6 Å². The number of rotatable bonds is 16. The first-order chi connectivity index (χ1) is 31.4. The highest BCUT2D eigenvalue weighted by Gasteiger charge is 2.68. The van der Waals surface area contributed by atoms with E-state index in [1.807, 2.05) is 144 Å². The maximum Gasteiger partial charge on any atom is 0.372 e. The van der Waals surface area contributed by atoms with E-state index in [9.17, 15) is 19.2 Å². The molecule has 66 heavy (non-hydrogen) atoms. The highest BCUT2D eigenvalue weighted by atomic mass is 16.6. The highest BCUT2D eigenvalue weighted by molar-refractivity contribution is 5.69. The number of pyridine rings is 3. The van der Waals surface area contributed by atoms with Gasteiger partial charge < -0.3 is 33.6 Å². The Labute approximate surface area is 392 Å². The normalized spacial score (nSPS) is 29.2.